The summed E-state index contributed by atoms with van der Waals surface area (Å²) >= 11 is 5.96. The van der Waals surface area contributed by atoms with E-state index >= 15 is 0 Å². The summed E-state index contributed by atoms with van der Waals surface area (Å²) in [6.45, 7) is 1.77. The minimum absolute atomic E-state index is 0.155. The molecule has 1 amide bonds. The molecule has 3 nitrogen and oxygen atoms in total. The van der Waals surface area contributed by atoms with E-state index in [0.717, 1.165) is 31.5 Å². The lowest BCUT2D eigenvalue weighted by molar-refractivity contribution is -0.129. The maximum Gasteiger partial charge on any atom is 0.227 e. The molecule has 0 aliphatic carbocycles. The third-order valence-corrected chi connectivity index (χ3v) is 3.01. The molecule has 0 saturated carbocycles. The predicted octanol–water partition coefficient (Wildman–Crippen LogP) is 1.90. The lowest BCUT2D eigenvalue weighted by Crippen LogP contribution is -2.29. The minimum atomic E-state index is 0.155. The Morgan fingerprint density at radius 1 is 1.47 bits per heavy atom. The van der Waals surface area contributed by atoms with Crippen LogP contribution in [0.4, 0.5) is 0 Å². The normalized spacial score (nSPS) is 15.7. The van der Waals surface area contributed by atoms with Gasteiger partial charge in [-0.15, -0.1) is 0 Å². The summed E-state index contributed by atoms with van der Waals surface area (Å²) in [5.74, 6) is 0.155. The van der Waals surface area contributed by atoms with Crippen LogP contribution in [0.1, 0.15) is 18.4 Å². The second-order valence-electron chi connectivity index (χ2n) is 3.73. The molecule has 0 N–H and O–H groups in total. The summed E-state index contributed by atoms with van der Waals surface area (Å²) in [5.41, 5.74) is 0.816. The summed E-state index contributed by atoms with van der Waals surface area (Å²) in [6.07, 6.45) is 5.90. The SMILES string of the molecule is O=C(Cc1cnccc1Cl)N1CCCC1. The molecule has 1 saturated heterocycles. The summed E-state index contributed by atoms with van der Waals surface area (Å²) in [5, 5.41) is 0.623. The van der Waals surface area contributed by atoms with E-state index in [1.807, 2.05) is 4.90 Å². The lowest BCUT2D eigenvalue weighted by atomic mass is 10.2. The van der Waals surface area contributed by atoms with Gasteiger partial charge in [-0.3, -0.25) is 9.78 Å². The Morgan fingerprint density at radius 2 is 2.20 bits per heavy atom. The molecule has 0 spiro atoms. The van der Waals surface area contributed by atoms with Gasteiger partial charge in [0.1, 0.15) is 0 Å². The highest BCUT2D eigenvalue weighted by Gasteiger charge is 2.18. The van der Waals surface area contributed by atoms with Gasteiger partial charge in [0.15, 0.2) is 0 Å². The van der Waals surface area contributed by atoms with Gasteiger partial charge >= 0.3 is 0 Å². The van der Waals surface area contributed by atoms with Crippen LogP contribution in [0.5, 0.6) is 0 Å². The number of aromatic nitrogens is 1. The summed E-state index contributed by atoms with van der Waals surface area (Å²) in [6, 6.07) is 1.72. The van der Waals surface area contributed by atoms with E-state index in [1.165, 1.54) is 0 Å². The Morgan fingerprint density at radius 3 is 2.87 bits per heavy atom. The van der Waals surface area contributed by atoms with Crippen LogP contribution in [0.15, 0.2) is 18.5 Å². The van der Waals surface area contributed by atoms with Crippen LogP contribution in [0.3, 0.4) is 0 Å². The number of pyridine rings is 1. The minimum Gasteiger partial charge on any atom is -0.342 e. The van der Waals surface area contributed by atoms with Crippen molar-refractivity contribution in [2.75, 3.05) is 13.1 Å². The van der Waals surface area contributed by atoms with Gasteiger partial charge in [-0.1, -0.05) is 11.6 Å². The Kier molecular flexibility index (Phi) is 3.21. The highest BCUT2D eigenvalue weighted by Crippen LogP contribution is 2.16. The molecule has 2 rings (SSSR count). The third kappa shape index (κ3) is 2.48. The van der Waals surface area contributed by atoms with Crippen LogP contribution in [-0.2, 0) is 11.2 Å². The predicted molar refractivity (Wildman–Crippen MR) is 58.8 cm³/mol. The number of carbonyl (C=O) groups is 1. The van der Waals surface area contributed by atoms with Crippen molar-refractivity contribution in [3.8, 4) is 0 Å². The lowest BCUT2D eigenvalue weighted by Gasteiger charge is -2.15. The maximum atomic E-state index is 11.8. The number of amides is 1. The van der Waals surface area contributed by atoms with E-state index in [1.54, 1.807) is 18.5 Å². The molecule has 1 aliphatic rings. The second kappa shape index (κ2) is 4.62. The molecule has 0 aromatic carbocycles. The Bertz CT molecular complexity index is 361. The molecule has 0 atom stereocenters. The van der Waals surface area contributed by atoms with Gasteiger partial charge in [-0.2, -0.15) is 0 Å². The van der Waals surface area contributed by atoms with E-state index in [2.05, 4.69) is 4.98 Å². The maximum absolute atomic E-state index is 11.8. The molecule has 0 unspecified atom stereocenters. The molecule has 4 heteroatoms. The topological polar surface area (TPSA) is 33.2 Å². The monoisotopic (exact) mass is 224 g/mol. The quantitative estimate of drug-likeness (QED) is 0.769. The Hall–Kier alpha value is -1.09. The highest BCUT2D eigenvalue weighted by molar-refractivity contribution is 6.31. The number of rotatable bonds is 2. The smallest absolute Gasteiger partial charge is 0.227 e. The fourth-order valence-corrected chi connectivity index (χ4v) is 1.95. The number of halogens is 1. The molecule has 2 heterocycles. The largest absolute Gasteiger partial charge is 0.342 e. The van der Waals surface area contributed by atoms with Gasteiger partial charge in [0.2, 0.25) is 5.91 Å². The van der Waals surface area contributed by atoms with Crippen molar-refractivity contribution in [1.82, 2.24) is 9.88 Å². The van der Waals surface area contributed by atoms with Crippen molar-refractivity contribution in [1.29, 1.82) is 0 Å². The summed E-state index contributed by atoms with van der Waals surface area (Å²) in [7, 11) is 0. The average Bonchev–Trinajstić information content (AvgIpc) is 2.74. The number of carbonyl (C=O) groups excluding carboxylic acids is 1. The highest BCUT2D eigenvalue weighted by atomic mass is 35.5. The fraction of sp³-hybridized carbons (Fsp3) is 0.455. The number of hydrogen-bond donors (Lipinski definition) is 0. The zero-order valence-corrected chi connectivity index (χ0v) is 9.20. The van der Waals surface area contributed by atoms with Gasteiger partial charge in [-0.25, -0.2) is 0 Å². The van der Waals surface area contributed by atoms with Gasteiger partial charge in [0.25, 0.3) is 0 Å². The Balaban J connectivity index is 2.02. The van der Waals surface area contributed by atoms with Crippen molar-refractivity contribution >= 4 is 17.5 Å². The molecule has 0 radical (unpaired) electrons. The standard InChI is InChI=1S/C11H13ClN2O/c12-10-3-4-13-8-9(10)7-11(15)14-5-1-2-6-14/h3-4,8H,1-2,5-7H2. The molecule has 1 aliphatic heterocycles. The van der Waals surface area contributed by atoms with E-state index in [4.69, 9.17) is 11.6 Å². The number of hydrogen-bond acceptors (Lipinski definition) is 2. The Labute approximate surface area is 94.1 Å². The van der Waals surface area contributed by atoms with Gasteiger partial charge in [0.05, 0.1) is 6.42 Å². The first-order valence-electron chi connectivity index (χ1n) is 5.13. The van der Waals surface area contributed by atoms with Crippen LogP contribution in [0.2, 0.25) is 5.02 Å². The molecule has 1 fully saturated rings. The van der Waals surface area contributed by atoms with Crippen molar-refractivity contribution in [2.45, 2.75) is 19.3 Å². The van der Waals surface area contributed by atoms with E-state index in [9.17, 15) is 4.79 Å². The first-order valence-corrected chi connectivity index (χ1v) is 5.51. The van der Waals surface area contributed by atoms with E-state index in [0.29, 0.717) is 11.4 Å². The van der Waals surface area contributed by atoms with Crippen molar-refractivity contribution < 1.29 is 4.79 Å². The van der Waals surface area contributed by atoms with Crippen LogP contribution in [-0.4, -0.2) is 28.9 Å². The fourth-order valence-electron chi connectivity index (χ4n) is 1.78. The second-order valence-corrected chi connectivity index (χ2v) is 4.14. The molecule has 0 bridgehead atoms. The van der Waals surface area contributed by atoms with Crippen LogP contribution in [0.25, 0.3) is 0 Å². The van der Waals surface area contributed by atoms with Crippen LogP contribution < -0.4 is 0 Å². The third-order valence-electron chi connectivity index (χ3n) is 2.64. The molecule has 1 aromatic heterocycles. The first-order chi connectivity index (χ1) is 7.27. The zero-order valence-electron chi connectivity index (χ0n) is 8.45. The van der Waals surface area contributed by atoms with Crippen molar-refractivity contribution in [2.24, 2.45) is 0 Å². The number of likely N-dealkylation sites (tertiary alicyclic amines) is 1. The average molecular weight is 225 g/mol. The van der Waals surface area contributed by atoms with Gasteiger partial charge < -0.3 is 4.90 Å². The summed E-state index contributed by atoms with van der Waals surface area (Å²) < 4.78 is 0. The van der Waals surface area contributed by atoms with Crippen LogP contribution in [0, 0.1) is 0 Å². The molecule has 80 valence electrons. The van der Waals surface area contributed by atoms with E-state index < -0.39 is 0 Å². The van der Waals surface area contributed by atoms with Gasteiger partial charge in [-0.05, 0) is 24.5 Å². The molecule has 1 aromatic rings. The molecule has 15 heavy (non-hydrogen) atoms. The first kappa shape index (κ1) is 10.4. The summed E-state index contributed by atoms with van der Waals surface area (Å²) in [4.78, 5) is 17.7. The van der Waals surface area contributed by atoms with Crippen LogP contribution >= 0.6 is 11.6 Å². The van der Waals surface area contributed by atoms with Crippen molar-refractivity contribution in [3.05, 3.63) is 29.0 Å². The van der Waals surface area contributed by atoms with Gasteiger partial charge in [0, 0.05) is 30.5 Å². The zero-order chi connectivity index (χ0) is 10.7. The molecular formula is C11H13ClN2O. The van der Waals surface area contributed by atoms with E-state index in [-0.39, 0.29) is 5.91 Å². The number of nitrogens with zero attached hydrogens (tertiary/aromatic N) is 2. The van der Waals surface area contributed by atoms with Crippen molar-refractivity contribution in [3.63, 3.8) is 0 Å². The molecular weight excluding hydrogens is 212 g/mol.